The number of hydrogen-bond donors (Lipinski definition) is 1. The molecule has 8 heteroatoms. The van der Waals surface area contributed by atoms with E-state index in [0.717, 1.165) is 18.4 Å². The number of halogens is 2. The summed E-state index contributed by atoms with van der Waals surface area (Å²) < 4.78 is 40.5. The fourth-order valence-electron chi connectivity index (χ4n) is 3.68. The Balaban J connectivity index is 1.46. The highest BCUT2D eigenvalue weighted by Gasteiger charge is 2.28. The van der Waals surface area contributed by atoms with Crippen molar-refractivity contribution in [3.63, 3.8) is 0 Å². The molecule has 0 radical (unpaired) electrons. The van der Waals surface area contributed by atoms with E-state index in [1.807, 2.05) is 18.2 Å². The van der Waals surface area contributed by atoms with Crippen molar-refractivity contribution in [3.8, 4) is 17.2 Å². The number of carbonyl (C=O) groups excluding carboxylic acids is 1. The third kappa shape index (κ3) is 3.54. The normalized spacial score (nSPS) is 16.8. The summed E-state index contributed by atoms with van der Waals surface area (Å²) in [5, 5.41) is 2.78. The summed E-state index contributed by atoms with van der Waals surface area (Å²) in [5.74, 6) is 0.725. The Bertz CT molecular complexity index is 891. The zero-order chi connectivity index (χ0) is 19.7. The highest BCUT2D eigenvalue weighted by Crippen LogP contribution is 2.39. The molecule has 4 rings (SSSR count). The number of carbonyl (C=O) groups is 1. The Morgan fingerprint density at radius 3 is 2.82 bits per heavy atom. The molecule has 0 unspecified atom stereocenters. The maximum absolute atomic E-state index is 12.7. The van der Waals surface area contributed by atoms with Crippen LogP contribution in [0.15, 0.2) is 36.4 Å². The predicted octanol–water partition coefficient (Wildman–Crippen LogP) is 3.85. The molecule has 1 N–H and O–H groups in total. The van der Waals surface area contributed by atoms with Crippen molar-refractivity contribution in [1.29, 1.82) is 0 Å². The highest BCUT2D eigenvalue weighted by molar-refractivity contribution is 5.75. The zero-order valence-electron chi connectivity index (χ0n) is 15.3. The lowest BCUT2D eigenvalue weighted by Crippen LogP contribution is -2.38. The van der Waals surface area contributed by atoms with Gasteiger partial charge in [0.15, 0.2) is 11.5 Å². The fourth-order valence-corrected chi connectivity index (χ4v) is 3.68. The number of benzene rings is 2. The van der Waals surface area contributed by atoms with Gasteiger partial charge < -0.3 is 24.4 Å². The van der Waals surface area contributed by atoms with Crippen molar-refractivity contribution < 1.29 is 27.8 Å². The van der Waals surface area contributed by atoms with Crippen LogP contribution in [0, 0.1) is 0 Å². The average molecular weight is 390 g/mol. The van der Waals surface area contributed by atoms with Crippen LogP contribution in [-0.4, -0.2) is 31.4 Å². The number of amides is 2. The van der Waals surface area contributed by atoms with Crippen molar-refractivity contribution in [2.24, 2.45) is 0 Å². The first kappa shape index (κ1) is 18.3. The third-order valence-electron chi connectivity index (χ3n) is 5.09. The second-order valence-corrected chi connectivity index (χ2v) is 6.71. The van der Waals surface area contributed by atoms with Crippen molar-refractivity contribution in [2.75, 3.05) is 13.8 Å². The van der Waals surface area contributed by atoms with E-state index in [1.165, 1.54) is 11.6 Å². The van der Waals surface area contributed by atoms with Crippen LogP contribution in [-0.2, 0) is 13.0 Å². The van der Waals surface area contributed by atoms with Gasteiger partial charge in [-0.15, -0.1) is 0 Å². The summed E-state index contributed by atoms with van der Waals surface area (Å²) in [6, 6.07) is 10.7. The lowest BCUT2D eigenvalue weighted by Gasteiger charge is -2.26. The molecule has 0 saturated carbocycles. The molecule has 6 nitrogen and oxygen atoms in total. The van der Waals surface area contributed by atoms with E-state index in [-0.39, 0.29) is 31.2 Å². The molecular weight excluding hydrogens is 370 g/mol. The van der Waals surface area contributed by atoms with Crippen molar-refractivity contribution in [1.82, 2.24) is 10.2 Å². The summed E-state index contributed by atoms with van der Waals surface area (Å²) in [6.07, 6.45) is 1.78. The number of alkyl halides is 2. The molecule has 1 aliphatic carbocycles. The van der Waals surface area contributed by atoms with E-state index in [2.05, 4.69) is 16.1 Å². The minimum absolute atomic E-state index is 0.00950. The van der Waals surface area contributed by atoms with Gasteiger partial charge in [0.2, 0.25) is 6.79 Å². The van der Waals surface area contributed by atoms with Crippen LogP contribution in [0.3, 0.4) is 0 Å². The van der Waals surface area contributed by atoms with E-state index >= 15 is 0 Å². The fraction of sp³-hybridized carbons (Fsp3) is 0.350. The van der Waals surface area contributed by atoms with Gasteiger partial charge in [-0.2, -0.15) is 8.78 Å². The monoisotopic (exact) mass is 390 g/mol. The second-order valence-electron chi connectivity index (χ2n) is 6.71. The number of ether oxygens (including phenoxy) is 3. The molecule has 2 amide bonds. The number of nitrogens with one attached hydrogen (secondary N) is 1. The summed E-state index contributed by atoms with van der Waals surface area (Å²) >= 11 is 0. The number of nitrogens with zero attached hydrogens (tertiary/aromatic N) is 1. The minimum Gasteiger partial charge on any atom is -0.454 e. The van der Waals surface area contributed by atoms with E-state index in [1.54, 1.807) is 18.0 Å². The topological polar surface area (TPSA) is 60.0 Å². The van der Waals surface area contributed by atoms with E-state index in [0.29, 0.717) is 17.1 Å². The maximum Gasteiger partial charge on any atom is 0.387 e. The van der Waals surface area contributed by atoms with Crippen LogP contribution in [0.2, 0.25) is 0 Å². The summed E-state index contributed by atoms with van der Waals surface area (Å²) in [6.45, 7) is -2.94. The number of urea groups is 1. The average Bonchev–Trinajstić information content (AvgIpc) is 3.31. The summed E-state index contributed by atoms with van der Waals surface area (Å²) in [4.78, 5) is 14.3. The molecule has 0 fully saturated rings. The lowest BCUT2D eigenvalue weighted by atomic mass is 10.1. The van der Waals surface area contributed by atoms with Gasteiger partial charge in [0, 0.05) is 25.2 Å². The largest absolute Gasteiger partial charge is 0.454 e. The van der Waals surface area contributed by atoms with Gasteiger partial charge >= 0.3 is 12.6 Å². The number of fused-ring (bicyclic) bond motifs is 2. The lowest BCUT2D eigenvalue weighted by molar-refractivity contribution is -0.0505. The minimum atomic E-state index is -2.98. The molecule has 0 saturated heterocycles. The quantitative estimate of drug-likeness (QED) is 0.843. The molecule has 1 aliphatic heterocycles. The molecule has 148 valence electrons. The Morgan fingerprint density at radius 1 is 1.29 bits per heavy atom. The Kier molecular flexibility index (Phi) is 4.93. The first-order valence-corrected chi connectivity index (χ1v) is 8.98. The Hall–Kier alpha value is -3.03. The van der Waals surface area contributed by atoms with E-state index in [9.17, 15) is 13.6 Å². The number of hydrogen-bond acceptors (Lipinski definition) is 4. The second kappa shape index (κ2) is 7.53. The van der Waals surface area contributed by atoms with E-state index < -0.39 is 6.61 Å². The number of aryl methyl sites for hydroxylation is 1. The van der Waals surface area contributed by atoms with Crippen molar-refractivity contribution >= 4 is 6.03 Å². The molecular formula is C20H20F2N2O4. The standard InChI is InChI=1S/C20H20F2N2O4/c1-24(15-7-6-12-4-2-3-5-14(12)15)20(25)23-10-13-8-17-18(27-11-26-17)9-16(13)28-19(21)22/h2-5,8-9,15,19H,6-7,10-11H2,1H3,(H,23,25)/t15-/m1/s1. The van der Waals surface area contributed by atoms with Crippen LogP contribution in [0.25, 0.3) is 0 Å². The van der Waals surface area contributed by atoms with Crippen LogP contribution < -0.4 is 19.5 Å². The smallest absolute Gasteiger partial charge is 0.387 e. The molecule has 28 heavy (non-hydrogen) atoms. The molecule has 2 aromatic rings. The first-order chi connectivity index (χ1) is 13.5. The highest BCUT2D eigenvalue weighted by atomic mass is 19.3. The molecule has 2 aliphatic rings. The molecule has 1 heterocycles. The van der Waals surface area contributed by atoms with Gasteiger partial charge in [0.25, 0.3) is 0 Å². The third-order valence-corrected chi connectivity index (χ3v) is 5.09. The van der Waals surface area contributed by atoms with Gasteiger partial charge in [-0.25, -0.2) is 4.79 Å². The maximum atomic E-state index is 12.7. The Labute approximate surface area is 161 Å². The predicted molar refractivity (Wildman–Crippen MR) is 96.7 cm³/mol. The zero-order valence-corrected chi connectivity index (χ0v) is 15.3. The van der Waals surface area contributed by atoms with Crippen LogP contribution >= 0.6 is 0 Å². The van der Waals surface area contributed by atoms with E-state index in [4.69, 9.17) is 9.47 Å². The summed E-state index contributed by atoms with van der Waals surface area (Å²) in [7, 11) is 1.73. The SMILES string of the molecule is CN(C(=O)NCc1cc2c(cc1OC(F)F)OCO2)[C@@H]1CCc2ccccc21. The van der Waals surface area contributed by atoms with Crippen LogP contribution in [0.4, 0.5) is 13.6 Å². The molecule has 1 atom stereocenters. The summed E-state index contributed by atoms with van der Waals surface area (Å²) in [5.41, 5.74) is 2.78. The number of rotatable bonds is 5. The molecule has 0 aromatic heterocycles. The molecule has 0 bridgehead atoms. The first-order valence-electron chi connectivity index (χ1n) is 8.98. The van der Waals surface area contributed by atoms with Gasteiger partial charge in [-0.1, -0.05) is 24.3 Å². The molecule has 0 spiro atoms. The van der Waals surface area contributed by atoms with Gasteiger partial charge in [0.05, 0.1) is 6.04 Å². The molecule has 2 aromatic carbocycles. The van der Waals surface area contributed by atoms with Gasteiger partial charge in [0.1, 0.15) is 5.75 Å². The van der Waals surface area contributed by atoms with Crippen molar-refractivity contribution in [2.45, 2.75) is 32.0 Å². The van der Waals surface area contributed by atoms with Gasteiger partial charge in [-0.3, -0.25) is 0 Å². The Morgan fingerprint density at radius 2 is 2.04 bits per heavy atom. The van der Waals surface area contributed by atoms with Crippen molar-refractivity contribution in [3.05, 3.63) is 53.1 Å². The van der Waals surface area contributed by atoms with Crippen LogP contribution in [0.1, 0.15) is 29.2 Å². The van der Waals surface area contributed by atoms with Gasteiger partial charge in [-0.05, 0) is 30.0 Å². The van der Waals surface area contributed by atoms with Crippen LogP contribution in [0.5, 0.6) is 17.2 Å².